The Morgan fingerprint density at radius 2 is 1.88 bits per heavy atom. The second kappa shape index (κ2) is 5.68. The summed E-state index contributed by atoms with van der Waals surface area (Å²) >= 11 is 0. The monoisotopic (exact) mass is 239 g/mol. The second-order valence-electron chi connectivity index (χ2n) is 6.35. The van der Waals surface area contributed by atoms with Crippen LogP contribution in [0.1, 0.15) is 27.2 Å². The summed E-state index contributed by atoms with van der Waals surface area (Å²) < 4.78 is 0. The summed E-state index contributed by atoms with van der Waals surface area (Å²) in [5.41, 5.74) is 0. The van der Waals surface area contributed by atoms with Gasteiger partial charge in [-0.1, -0.05) is 0 Å². The lowest BCUT2D eigenvalue weighted by atomic mass is 10.1. The third kappa shape index (κ3) is 3.43. The van der Waals surface area contributed by atoms with Crippen molar-refractivity contribution in [3.8, 4) is 0 Å². The molecule has 0 N–H and O–H groups in total. The molecule has 0 spiro atoms. The van der Waals surface area contributed by atoms with Crippen LogP contribution in [0.5, 0.6) is 0 Å². The van der Waals surface area contributed by atoms with Gasteiger partial charge in [-0.15, -0.1) is 0 Å². The Kier molecular flexibility index (Phi) is 4.45. The minimum Gasteiger partial charge on any atom is -0.306 e. The fraction of sp³-hybridized carbons (Fsp3) is 1.00. The van der Waals surface area contributed by atoms with Gasteiger partial charge in [0.2, 0.25) is 0 Å². The third-order valence-corrected chi connectivity index (χ3v) is 4.51. The summed E-state index contributed by atoms with van der Waals surface area (Å²) in [5.74, 6) is 0.910. The molecule has 3 nitrogen and oxygen atoms in total. The molecule has 2 heterocycles. The van der Waals surface area contributed by atoms with Gasteiger partial charge in [0, 0.05) is 44.8 Å². The van der Waals surface area contributed by atoms with Crippen molar-refractivity contribution in [2.45, 2.75) is 39.3 Å². The standard InChI is InChI=1S/C14H29N3/c1-12(2)16-7-8-17(13(3)9-16)11-14-5-6-15(4)10-14/h12-14H,5-11H2,1-4H3. The quantitative estimate of drug-likeness (QED) is 0.736. The minimum atomic E-state index is 0.706. The first-order valence-corrected chi connectivity index (χ1v) is 7.23. The zero-order valence-corrected chi connectivity index (χ0v) is 12.0. The Morgan fingerprint density at radius 3 is 2.41 bits per heavy atom. The van der Waals surface area contributed by atoms with Crippen LogP contribution in [0.2, 0.25) is 0 Å². The summed E-state index contributed by atoms with van der Waals surface area (Å²) in [6.45, 7) is 14.7. The van der Waals surface area contributed by atoms with Gasteiger partial charge in [0.1, 0.15) is 0 Å². The molecular formula is C14H29N3. The Morgan fingerprint density at radius 1 is 1.12 bits per heavy atom. The van der Waals surface area contributed by atoms with Crippen molar-refractivity contribution in [1.29, 1.82) is 0 Å². The van der Waals surface area contributed by atoms with E-state index in [9.17, 15) is 0 Å². The lowest BCUT2D eigenvalue weighted by Crippen LogP contribution is -2.54. The topological polar surface area (TPSA) is 9.72 Å². The van der Waals surface area contributed by atoms with E-state index in [1.165, 1.54) is 45.7 Å². The van der Waals surface area contributed by atoms with Crippen molar-refractivity contribution < 1.29 is 0 Å². The van der Waals surface area contributed by atoms with Gasteiger partial charge < -0.3 is 4.90 Å². The van der Waals surface area contributed by atoms with Gasteiger partial charge >= 0.3 is 0 Å². The van der Waals surface area contributed by atoms with E-state index in [0.29, 0.717) is 6.04 Å². The van der Waals surface area contributed by atoms with E-state index in [4.69, 9.17) is 0 Å². The number of piperazine rings is 1. The first-order chi connectivity index (χ1) is 8.06. The molecule has 2 saturated heterocycles. The molecule has 100 valence electrons. The summed E-state index contributed by atoms with van der Waals surface area (Å²) in [6, 6.07) is 1.44. The van der Waals surface area contributed by atoms with Gasteiger partial charge in [0.25, 0.3) is 0 Å². The number of hydrogen-bond donors (Lipinski definition) is 0. The minimum absolute atomic E-state index is 0.706. The largest absolute Gasteiger partial charge is 0.306 e. The van der Waals surface area contributed by atoms with E-state index < -0.39 is 0 Å². The van der Waals surface area contributed by atoms with Crippen molar-refractivity contribution in [3.63, 3.8) is 0 Å². The molecule has 3 heteroatoms. The molecule has 2 atom stereocenters. The predicted molar refractivity (Wildman–Crippen MR) is 73.3 cm³/mol. The summed E-state index contributed by atoms with van der Waals surface area (Å²) in [5, 5.41) is 0. The van der Waals surface area contributed by atoms with Crippen molar-refractivity contribution in [1.82, 2.24) is 14.7 Å². The molecule has 0 bridgehead atoms. The van der Waals surface area contributed by atoms with Crippen molar-refractivity contribution >= 4 is 0 Å². The molecule has 0 aliphatic carbocycles. The van der Waals surface area contributed by atoms with E-state index in [2.05, 4.69) is 42.5 Å². The average Bonchev–Trinajstić information content (AvgIpc) is 2.67. The molecule has 0 aromatic heterocycles. The van der Waals surface area contributed by atoms with Gasteiger partial charge in [-0.25, -0.2) is 0 Å². The van der Waals surface area contributed by atoms with E-state index in [0.717, 1.165) is 12.0 Å². The number of nitrogens with zero attached hydrogens (tertiary/aromatic N) is 3. The summed E-state index contributed by atoms with van der Waals surface area (Å²) in [4.78, 5) is 7.80. The summed E-state index contributed by atoms with van der Waals surface area (Å²) in [6.07, 6.45) is 1.40. The van der Waals surface area contributed by atoms with E-state index in [-0.39, 0.29) is 0 Å². The maximum atomic E-state index is 2.71. The lowest BCUT2D eigenvalue weighted by Gasteiger charge is -2.42. The Bertz CT molecular complexity index is 242. The van der Waals surface area contributed by atoms with Gasteiger partial charge in [0.15, 0.2) is 0 Å². The normalized spacial score (nSPS) is 33.7. The number of hydrogen-bond acceptors (Lipinski definition) is 3. The highest BCUT2D eigenvalue weighted by Crippen LogP contribution is 2.19. The van der Waals surface area contributed by atoms with Crippen LogP contribution in [0.3, 0.4) is 0 Å². The van der Waals surface area contributed by atoms with Crippen LogP contribution in [0, 0.1) is 5.92 Å². The number of likely N-dealkylation sites (tertiary alicyclic amines) is 1. The molecule has 0 aromatic carbocycles. The maximum Gasteiger partial charge on any atom is 0.0195 e. The number of rotatable bonds is 3. The molecule has 2 rings (SSSR count). The predicted octanol–water partition coefficient (Wildman–Crippen LogP) is 1.35. The van der Waals surface area contributed by atoms with Crippen LogP contribution >= 0.6 is 0 Å². The van der Waals surface area contributed by atoms with Crippen LogP contribution in [-0.2, 0) is 0 Å². The molecule has 2 aliphatic heterocycles. The highest BCUT2D eigenvalue weighted by molar-refractivity contribution is 4.84. The molecule has 0 aromatic rings. The molecule has 2 aliphatic rings. The van der Waals surface area contributed by atoms with Crippen molar-refractivity contribution in [2.75, 3.05) is 46.3 Å². The Balaban J connectivity index is 1.79. The highest BCUT2D eigenvalue weighted by atomic mass is 15.3. The molecule has 0 radical (unpaired) electrons. The van der Waals surface area contributed by atoms with Gasteiger partial charge in [-0.05, 0) is 46.7 Å². The SMILES string of the molecule is CC(C)N1CCN(CC2CCN(C)C2)C(C)C1. The smallest absolute Gasteiger partial charge is 0.0195 e. The zero-order chi connectivity index (χ0) is 12.4. The molecule has 17 heavy (non-hydrogen) atoms. The molecule has 0 amide bonds. The molecule has 0 saturated carbocycles. The fourth-order valence-electron chi connectivity index (χ4n) is 3.27. The Hall–Kier alpha value is -0.120. The lowest BCUT2D eigenvalue weighted by molar-refractivity contribution is 0.0549. The van der Waals surface area contributed by atoms with Crippen LogP contribution < -0.4 is 0 Å². The van der Waals surface area contributed by atoms with E-state index in [1.807, 2.05) is 0 Å². The van der Waals surface area contributed by atoms with Crippen LogP contribution in [-0.4, -0.2) is 73.1 Å². The maximum absolute atomic E-state index is 2.71. The first-order valence-electron chi connectivity index (χ1n) is 7.23. The second-order valence-corrected chi connectivity index (χ2v) is 6.35. The highest BCUT2D eigenvalue weighted by Gasteiger charge is 2.28. The van der Waals surface area contributed by atoms with Gasteiger partial charge in [-0.3, -0.25) is 9.80 Å². The van der Waals surface area contributed by atoms with Crippen LogP contribution in [0.15, 0.2) is 0 Å². The zero-order valence-electron chi connectivity index (χ0n) is 12.0. The van der Waals surface area contributed by atoms with Crippen LogP contribution in [0.25, 0.3) is 0 Å². The fourth-order valence-corrected chi connectivity index (χ4v) is 3.27. The first kappa shape index (κ1) is 13.3. The molecule has 2 fully saturated rings. The van der Waals surface area contributed by atoms with Crippen LogP contribution in [0.4, 0.5) is 0 Å². The van der Waals surface area contributed by atoms with Gasteiger partial charge in [0.05, 0.1) is 0 Å². The third-order valence-electron chi connectivity index (χ3n) is 4.51. The van der Waals surface area contributed by atoms with Crippen molar-refractivity contribution in [2.24, 2.45) is 5.92 Å². The summed E-state index contributed by atoms with van der Waals surface area (Å²) in [7, 11) is 2.25. The molecular weight excluding hydrogens is 210 g/mol. The van der Waals surface area contributed by atoms with E-state index >= 15 is 0 Å². The van der Waals surface area contributed by atoms with E-state index in [1.54, 1.807) is 0 Å². The van der Waals surface area contributed by atoms with Gasteiger partial charge in [-0.2, -0.15) is 0 Å². The van der Waals surface area contributed by atoms with Crippen molar-refractivity contribution in [3.05, 3.63) is 0 Å². The molecule has 2 unspecified atom stereocenters. The Labute approximate surface area is 107 Å². The average molecular weight is 239 g/mol.